The highest BCUT2D eigenvalue weighted by Gasteiger charge is 2.38. The minimum atomic E-state index is -4.49. The van der Waals surface area contributed by atoms with Gasteiger partial charge in [0.1, 0.15) is 17.5 Å². The topological polar surface area (TPSA) is 44.5 Å². The maximum atomic E-state index is 12.4. The van der Waals surface area contributed by atoms with Crippen LogP contribution in [0.5, 0.6) is 11.5 Å². The van der Waals surface area contributed by atoms with Crippen molar-refractivity contribution in [3.63, 3.8) is 0 Å². The van der Waals surface area contributed by atoms with Crippen LogP contribution in [-0.4, -0.2) is 20.4 Å². The van der Waals surface area contributed by atoms with Crippen molar-refractivity contribution in [2.45, 2.75) is 12.2 Å². The lowest BCUT2D eigenvalue weighted by molar-refractivity contribution is -0.149. The number of methoxy groups -OCH3 is 2. The van der Waals surface area contributed by atoms with Crippen molar-refractivity contribution in [2.75, 3.05) is 14.2 Å². The molecular formula is C10H12F3NO2. The quantitative estimate of drug-likeness (QED) is 0.874. The second kappa shape index (κ2) is 4.61. The summed E-state index contributed by atoms with van der Waals surface area (Å²) in [5, 5.41) is 0. The highest BCUT2D eigenvalue weighted by Crippen LogP contribution is 2.34. The Balaban J connectivity index is 3.13. The van der Waals surface area contributed by atoms with E-state index in [1.54, 1.807) is 0 Å². The lowest BCUT2D eigenvalue weighted by atomic mass is 10.1. The molecule has 0 aliphatic heterocycles. The van der Waals surface area contributed by atoms with Crippen molar-refractivity contribution < 1.29 is 22.6 Å². The van der Waals surface area contributed by atoms with Gasteiger partial charge in [-0.15, -0.1) is 0 Å². The fraction of sp³-hybridized carbons (Fsp3) is 0.400. The van der Waals surface area contributed by atoms with E-state index in [4.69, 9.17) is 15.2 Å². The van der Waals surface area contributed by atoms with Gasteiger partial charge in [0.25, 0.3) is 0 Å². The number of rotatable bonds is 3. The van der Waals surface area contributed by atoms with Gasteiger partial charge in [-0.3, -0.25) is 0 Å². The predicted octanol–water partition coefficient (Wildman–Crippen LogP) is 2.27. The monoisotopic (exact) mass is 235 g/mol. The van der Waals surface area contributed by atoms with Crippen LogP contribution < -0.4 is 15.2 Å². The summed E-state index contributed by atoms with van der Waals surface area (Å²) in [4.78, 5) is 0. The van der Waals surface area contributed by atoms with Crippen LogP contribution in [0.3, 0.4) is 0 Å². The number of nitrogens with two attached hydrogens (primary N) is 1. The van der Waals surface area contributed by atoms with Crippen molar-refractivity contribution in [2.24, 2.45) is 5.73 Å². The molecule has 0 aliphatic rings. The minimum Gasteiger partial charge on any atom is -0.497 e. The van der Waals surface area contributed by atoms with Crippen LogP contribution in [0.4, 0.5) is 13.2 Å². The van der Waals surface area contributed by atoms with Gasteiger partial charge in [-0.25, -0.2) is 0 Å². The SMILES string of the molecule is COc1cc(OC)cc([C@H](N)C(F)(F)F)c1. The molecule has 16 heavy (non-hydrogen) atoms. The Kier molecular flexibility index (Phi) is 3.64. The van der Waals surface area contributed by atoms with Crippen LogP contribution in [0.2, 0.25) is 0 Å². The summed E-state index contributed by atoms with van der Waals surface area (Å²) in [6, 6.07) is 1.91. The predicted molar refractivity (Wildman–Crippen MR) is 52.5 cm³/mol. The molecule has 1 atom stereocenters. The van der Waals surface area contributed by atoms with E-state index in [0.29, 0.717) is 0 Å². The van der Waals surface area contributed by atoms with Crippen LogP contribution >= 0.6 is 0 Å². The van der Waals surface area contributed by atoms with E-state index >= 15 is 0 Å². The van der Waals surface area contributed by atoms with E-state index in [1.165, 1.54) is 32.4 Å². The lowest BCUT2D eigenvalue weighted by Gasteiger charge is -2.17. The first-order valence-corrected chi connectivity index (χ1v) is 4.43. The fourth-order valence-corrected chi connectivity index (χ4v) is 1.20. The first-order valence-electron chi connectivity index (χ1n) is 4.43. The van der Waals surface area contributed by atoms with Gasteiger partial charge in [-0.1, -0.05) is 0 Å². The summed E-state index contributed by atoms with van der Waals surface area (Å²) < 4.78 is 46.9. The third-order valence-corrected chi connectivity index (χ3v) is 2.09. The van der Waals surface area contributed by atoms with Gasteiger partial charge in [-0.05, 0) is 17.7 Å². The van der Waals surface area contributed by atoms with Gasteiger partial charge in [0, 0.05) is 6.07 Å². The van der Waals surface area contributed by atoms with Crippen molar-refractivity contribution in [1.82, 2.24) is 0 Å². The molecule has 1 rings (SSSR count). The minimum absolute atomic E-state index is 0.0938. The first kappa shape index (κ1) is 12.6. The van der Waals surface area contributed by atoms with Gasteiger partial charge >= 0.3 is 6.18 Å². The average molecular weight is 235 g/mol. The Morgan fingerprint density at radius 2 is 1.50 bits per heavy atom. The summed E-state index contributed by atoms with van der Waals surface area (Å²) in [6.07, 6.45) is -4.49. The fourth-order valence-electron chi connectivity index (χ4n) is 1.20. The van der Waals surface area contributed by atoms with Crippen molar-refractivity contribution in [3.8, 4) is 11.5 Å². The maximum Gasteiger partial charge on any atom is 0.407 e. The van der Waals surface area contributed by atoms with Gasteiger partial charge < -0.3 is 15.2 Å². The molecule has 0 saturated carbocycles. The summed E-state index contributed by atoms with van der Waals surface area (Å²) >= 11 is 0. The summed E-state index contributed by atoms with van der Waals surface area (Å²) in [5.74, 6) is 0.545. The molecule has 1 aromatic rings. The molecule has 2 N–H and O–H groups in total. The van der Waals surface area contributed by atoms with Crippen LogP contribution in [0.15, 0.2) is 18.2 Å². The van der Waals surface area contributed by atoms with Crippen LogP contribution in [-0.2, 0) is 0 Å². The van der Waals surface area contributed by atoms with Crippen molar-refractivity contribution >= 4 is 0 Å². The molecule has 90 valence electrons. The van der Waals surface area contributed by atoms with E-state index in [1.807, 2.05) is 0 Å². The van der Waals surface area contributed by atoms with E-state index in [-0.39, 0.29) is 17.1 Å². The van der Waals surface area contributed by atoms with Crippen molar-refractivity contribution in [1.29, 1.82) is 0 Å². The van der Waals surface area contributed by atoms with Gasteiger partial charge in [0.15, 0.2) is 0 Å². The highest BCUT2D eigenvalue weighted by molar-refractivity contribution is 5.40. The maximum absolute atomic E-state index is 12.4. The highest BCUT2D eigenvalue weighted by atomic mass is 19.4. The van der Waals surface area contributed by atoms with E-state index in [2.05, 4.69) is 0 Å². The Bertz CT molecular complexity index is 343. The Hall–Kier alpha value is -1.43. The molecule has 0 aliphatic carbocycles. The zero-order chi connectivity index (χ0) is 12.3. The second-order valence-electron chi connectivity index (χ2n) is 3.17. The smallest absolute Gasteiger partial charge is 0.407 e. The second-order valence-corrected chi connectivity index (χ2v) is 3.17. The van der Waals surface area contributed by atoms with Gasteiger partial charge in [0.05, 0.1) is 14.2 Å². The molecule has 6 heteroatoms. The average Bonchev–Trinajstić information content (AvgIpc) is 2.26. The van der Waals surface area contributed by atoms with Crippen molar-refractivity contribution in [3.05, 3.63) is 23.8 Å². The van der Waals surface area contributed by atoms with Crippen LogP contribution in [0.25, 0.3) is 0 Å². The third kappa shape index (κ3) is 2.79. The van der Waals surface area contributed by atoms with Gasteiger partial charge in [0.2, 0.25) is 0 Å². The molecule has 1 aromatic carbocycles. The Morgan fingerprint density at radius 3 is 1.81 bits per heavy atom. The molecule has 0 radical (unpaired) electrons. The van der Waals surface area contributed by atoms with E-state index in [9.17, 15) is 13.2 Å². The molecule has 0 saturated heterocycles. The van der Waals surface area contributed by atoms with Crippen LogP contribution in [0, 0.1) is 0 Å². The number of ether oxygens (including phenoxy) is 2. The molecule has 0 amide bonds. The number of alkyl halides is 3. The Morgan fingerprint density at radius 1 is 1.06 bits per heavy atom. The number of halogens is 3. The number of hydrogen-bond donors (Lipinski definition) is 1. The van der Waals surface area contributed by atoms with Gasteiger partial charge in [-0.2, -0.15) is 13.2 Å². The summed E-state index contributed by atoms with van der Waals surface area (Å²) in [5.41, 5.74) is 4.99. The molecule has 0 spiro atoms. The number of benzene rings is 1. The standard InChI is InChI=1S/C10H12F3NO2/c1-15-7-3-6(4-8(5-7)16-2)9(14)10(11,12)13/h3-5,9H,14H2,1-2H3/t9-/m0/s1. The zero-order valence-electron chi connectivity index (χ0n) is 8.84. The molecule has 0 aromatic heterocycles. The van der Waals surface area contributed by atoms with E-state index in [0.717, 1.165) is 0 Å². The zero-order valence-corrected chi connectivity index (χ0v) is 8.84. The molecule has 0 bridgehead atoms. The largest absolute Gasteiger partial charge is 0.497 e. The third-order valence-electron chi connectivity index (χ3n) is 2.09. The number of hydrogen-bond acceptors (Lipinski definition) is 3. The van der Waals surface area contributed by atoms with Crippen LogP contribution in [0.1, 0.15) is 11.6 Å². The molecular weight excluding hydrogens is 223 g/mol. The molecule has 0 fully saturated rings. The summed E-state index contributed by atoms with van der Waals surface area (Å²) in [6.45, 7) is 0. The first-order chi connectivity index (χ1) is 7.38. The molecule has 0 unspecified atom stereocenters. The van der Waals surface area contributed by atoms with E-state index < -0.39 is 12.2 Å². The molecule has 3 nitrogen and oxygen atoms in total. The summed E-state index contributed by atoms with van der Waals surface area (Å²) in [7, 11) is 2.72. The molecule has 0 heterocycles. The Labute approximate surface area is 91.0 Å². The normalized spacial score (nSPS) is 13.4. The lowest BCUT2D eigenvalue weighted by Crippen LogP contribution is -2.28.